The van der Waals surface area contributed by atoms with Crippen LogP contribution in [0.5, 0.6) is 0 Å². The summed E-state index contributed by atoms with van der Waals surface area (Å²) >= 11 is 3.47. The fourth-order valence-corrected chi connectivity index (χ4v) is 2.94. The van der Waals surface area contributed by atoms with E-state index in [0.29, 0.717) is 6.04 Å². The van der Waals surface area contributed by atoms with E-state index < -0.39 is 0 Å². The molecule has 2 aliphatic rings. The number of hydrogen-bond acceptors (Lipinski definition) is 2. The van der Waals surface area contributed by atoms with Crippen LogP contribution in [0.4, 0.5) is 0 Å². The third-order valence-corrected chi connectivity index (χ3v) is 3.77. The highest BCUT2D eigenvalue weighted by Crippen LogP contribution is 2.36. The number of halogens is 1. The Labute approximate surface area is 97.9 Å². The van der Waals surface area contributed by atoms with Gasteiger partial charge in [0.05, 0.1) is 0 Å². The summed E-state index contributed by atoms with van der Waals surface area (Å²) in [5.41, 5.74) is 2.71. The maximum Gasteiger partial charge on any atom is 0.0410 e. The normalized spacial score (nSPS) is 29.0. The summed E-state index contributed by atoms with van der Waals surface area (Å²) in [7, 11) is 0. The van der Waals surface area contributed by atoms with Gasteiger partial charge >= 0.3 is 0 Å². The van der Waals surface area contributed by atoms with Gasteiger partial charge in [0.2, 0.25) is 0 Å². The highest BCUT2D eigenvalue weighted by Gasteiger charge is 2.31. The quantitative estimate of drug-likeness (QED) is 0.844. The predicted octanol–water partition coefficient (Wildman–Crippen LogP) is 2.61. The molecule has 0 aromatic carbocycles. The number of fused-ring (bicyclic) bond motifs is 1. The average molecular weight is 265 g/mol. The van der Waals surface area contributed by atoms with Crippen molar-refractivity contribution in [1.82, 2.24) is 10.3 Å². The minimum atomic E-state index is 0.680. The van der Waals surface area contributed by atoms with Gasteiger partial charge in [-0.25, -0.2) is 0 Å². The van der Waals surface area contributed by atoms with Gasteiger partial charge in [-0.3, -0.25) is 4.98 Å². The number of nitrogens with one attached hydrogen (secondary N) is 1. The molecule has 1 saturated heterocycles. The van der Waals surface area contributed by atoms with E-state index in [9.17, 15) is 0 Å². The highest BCUT2D eigenvalue weighted by atomic mass is 79.9. The molecular weight excluding hydrogens is 252 g/mol. The Kier molecular flexibility index (Phi) is 2.37. The Morgan fingerprint density at radius 3 is 3.13 bits per heavy atom. The van der Waals surface area contributed by atoms with Crippen LogP contribution in [-0.4, -0.2) is 17.6 Å². The minimum Gasteiger partial charge on any atom is -0.313 e. The molecule has 2 nitrogen and oxygen atoms in total. The van der Waals surface area contributed by atoms with Crippen molar-refractivity contribution in [3.05, 3.63) is 34.6 Å². The van der Waals surface area contributed by atoms with Gasteiger partial charge in [0.15, 0.2) is 0 Å². The zero-order chi connectivity index (χ0) is 10.3. The van der Waals surface area contributed by atoms with E-state index in [1.807, 2.05) is 12.4 Å². The SMILES string of the molecule is Brc1cncc(C2=CC3CCNC3C2)c1. The van der Waals surface area contributed by atoms with E-state index in [2.05, 4.69) is 38.4 Å². The lowest BCUT2D eigenvalue weighted by Crippen LogP contribution is -2.22. The summed E-state index contributed by atoms with van der Waals surface area (Å²) in [5.74, 6) is 0.749. The Morgan fingerprint density at radius 1 is 1.40 bits per heavy atom. The zero-order valence-electron chi connectivity index (χ0n) is 8.41. The van der Waals surface area contributed by atoms with Crippen LogP contribution >= 0.6 is 15.9 Å². The van der Waals surface area contributed by atoms with Crippen molar-refractivity contribution < 1.29 is 0 Å². The van der Waals surface area contributed by atoms with Crippen molar-refractivity contribution in [3.63, 3.8) is 0 Å². The van der Waals surface area contributed by atoms with Crippen molar-refractivity contribution >= 4 is 21.5 Å². The smallest absolute Gasteiger partial charge is 0.0410 e. The molecule has 1 aromatic heterocycles. The number of rotatable bonds is 1. The van der Waals surface area contributed by atoms with Crippen molar-refractivity contribution in [1.29, 1.82) is 0 Å². The maximum absolute atomic E-state index is 4.21. The van der Waals surface area contributed by atoms with Gasteiger partial charge in [0.1, 0.15) is 0 Å². The first kappa shape index (κ1) is 9.55. The Hall–Kier alpha value is -0.670. The lowest BCUT2D eigenvalue weighted by Gasteiger charge is -2.08. The average Bonchev–Trinajstić information content (AvgIpc) is 2.76. The Morgan fingerprint density at radius 2 is 2.33 bits per heavy atom. The van der Waals surface area contributed by atoms with Crippen molar-refractivity contribution in [2.75, 3.05) is 6.54 Å². The molecule has 0 spiro atoms. The van der Waals surface area contributed by atoms with Crippen molar-refractivity contribution in [2.24, 2.45) is 5.92 Å². The monoisotopic (exact) mass is 264 g/mol. The van der Waals surface area contributed by atoms with Gasteiger partial charge in [-0.15, -0.1) is 0 Å². The standard InChI is InChI=1S/C12H13BrN2/c13-11-4-10(6-14-7-11)9-3-8-1-2-15-12(8)5-9/h3-4,6-8,12,15H,1-2,5H2. The molecule has 1 aromatic rings. The van der Waals surface area contributed by atoms with E-state index >= 15 is 0 Å². The first-order valence-electron chi connectivity index (χ1n) is 5.38. The second kappa shape index (κ2) is 3.72. The van der Waals surface area contributed by atoms with E-state index in [1.54, 1.807) is 0 Å². The van der Waals surface area contributed by atoms with Gasteiger partial charge < -0.3 is 5.32 Å². The van der Waals surface area contributed by atoms with E-state index in [4.69, 9.17) is 0 Å². The lowest BCUT2D eigenvalue weighted by atomic mass is 10.1. The summed E-state index contributed by atoms with van der Waals surface area (Å²) in [5, 5.41) is 3.55. The summed E-state index contributed by atoms with van der Waals surface area (Å²) in [6, 6.07) is 2.83. The molecule has 0 bridgehead atoms. The molecule has 1 fully saturated rings. The molecule has 1 aliphatic carbocycles. The van der Waals surface area contributed by atoms with Gasteiger partial charge in [-0.2, -0.15) is 0 Å². The number of aromatic nitrogens is 1. The molecule has 78 valence electrons. The molecule has 2 heterocycles. The molecule has 0 amide bonds. The molecule has 2 unspecified atom stereocenters. The fourth-order valence-electron chi connectivity index (χ4n) is 2.58. The molecular formula is C12H13BrN2. The maximum atomic E-state index is 4.21. The first-order chi connectivity index (χ1) is 7.33. The van der Waals surface area contributed by atoms with Crippen LogP contribution in [0.1, 0.15) is 18.4 Å². The van der Waals surface area contributed by atoms with Crippen LogP contribution in [-0.2, 0) is 0 Å². The highest BCUT2D eigenvalue weighted by molar-refractivity contribution is 9.10. The first-order valence-corrected chi connectivity index (χ1v) is 6.17. The summed E-state index contributed by atoms with van der Waals surface area (Å²) < 4.78 is 1.06. The molecule has 15 heavy (non-hydrogen) atoms. The largest absolute Gasteiger partial charge is 0.313 e. The minimum absolute atomic E-state index is 0.680. The van der Waals surface area contributed by atoms with Crippen LogP contribution < -0.4 is 5.32 Å². The molecule has 1 N–H and O–H groups in total. The Bertz CT molecular complexity index is 414. The van der Waals surface area contributed by atoms with Gasteiger partial charge in [0.25, 0.3) is 0 Å². The molecule has 3 heteroatoms. The molecule has 2 atom stereocenters. The third kappa shape index (κ3) is 1.74. The van der Waals surface area contributed by atoms with Crippen LogP contribution in [0.15, 0.2) is 29.0 Å². The molecule has 3 rings (SSSR count). The summed E-state index contributed by atoms with van der Waals surface area (Å²) in [4.78, 5) is 4.21. The lowest BCUT2D eigenvalue weighted by molar-refractivity contribution is 0.563. The van der Waals surface area contributed by atoms with Crippen LogP contribution in [0.25, 0.3) is 5.57 Å². The summed E-state index contributed by atoms with van der Waals surface area (Å²) in [6.07, 6.45) is 8.66. The third-order valence-electron chi connectivity index (χ3n) is 3.33. The number of nitrogens with zero attached hydrogens (tertiary/aromatic N) is 1. The zero-order valence-corrected chi connectivity index (χ0v) is 10.00. The van der Waals surface area contributed by atoms with Crippen LogP contribution in [0.2, 0.25) is 0 Å². The van der Waals surface area contributed by atoms with E-state index in [0.717, 1.165) is 16.8 Å². The second-order valence-electron chi connectivity index (χ2n) is 4.30. The second-order valence-corrected chi connectivity index (χ2v) is 5.22. The van der Waals surface area contributed by atoms with E-state index in [-0.39, 0.29) is 0 Å². The number of hydrogen-bond donors (Lipinski definition) is 1. The molecule has 0 radical (unpaired) electrons. The topological polar surface area (TPSA) is 24.9 Å². The summed E-state index contributed by atoms with van der Waals surface area (Å²) in [6.45, 7) is 1.18. The fraction of sp³-hybridized carbons (Fsp3) is 0.417. The van der Waals surface area contributed by atoms with Gasteiger partial charge in [-0.05, 0) is 58.4 Å². The van der Waals surface area contributed by atoms with Crippen LogP contribution in [0, 0.1) is 5.92 Å². The van der Waals surface area contributed by atoms with Crippen molar-refractivity contribution in [2.45, 2.75) is 18.9 Å². The Balaban J connectivity index is 1.90. The van der Waals surface area contributed by atoms with Gasteiger partial charge in [0, 0.05) is 22.9 Å². The molecule has 1 aliphatic heterocycles. The molecule has 0 saturated carbocycles. The number of pyridine rings is 1. The van der Waals surface area contributed by atoms with Gasteiger partial charge in [-0.1, -0.05) is 6.08 Å². The van der Waals surface area contributed by atoms with Crippen LogP contribution in [0.3, 0.4) is 0 Å². The van der Waals surface area contributed by atoms with Crippen molar-refractivity contribution in [3.8, 4) is 0 Å². The van der Waals surface area contributed by atoms with E-state index in [1.165, 1.54) is 24.1 Å². The predicted molar refractivity (Wildman–Crippen MR) is 64.4 cm³/mol.